The maximum absolute atomic E-state index is 13.9. The van der Waals surface area contributed by atoms with Crippen molar-refractivity contribution < 1.29 is 38.2 Å². The molecule has 2 rings (SSSR count). The minimum atomic E-state index is -1.16. The number of benzene rings is 2. The topological polar surface area (TPSA) is 137 Å². The standard InChI is InChI=1S/C58H94N2O8/c1-5-7-9-11-13-15-17-19-21-23-25-27-35-41-51(68-55(63)42-36-28-26-24-22-20-18-16-14-12-10-8-6-2)45-53(61)60-56(48(3)4)57(64)59-52(58(65)67-47-50-39-33-30-34-40-50)43-44-54(62)66-46-49-37-31-29-32-38-49/h29-34,37-40,48,51-52,56H,5-28,35-36,41-47H2,1-4H3,(H,59,64)(H,60,61)/t51?,52-,56-/m1/s1. The van der Waals surface area contributed by atoms with E-state index in [1.807, 2.05) is 74.5 Å². The minimum absolute atomic E-state index is 0.00639. The van der Waals surface area contributed by atoms with Crippen molar-refractivity contribution in [1.82, 2.24) is 10.6 Å². The van der Waals surface area contributed by atoms with Gasteiger partial charge >= 0.3 is 17.9 Å². The molecule has 10 nitrogen and oxygen atoms in total. The summed E-state index contributed by atoms with van der Waals surface area (Å²) in [5.74, 6) is -2.80. The summed E-state index contributed by atoms with van der Waals surface area (Å²) in [5.41, 5.74) is 1.61. The first-order valence-corrected chi connectivity index (χ1v) is 27.3. The lowest BCUT2D eigenvalue weighted by Gasteiger charge is -2.26. The summed E-state index contributed by atoms with van der Waals surface area (Å²) < 4.78 is 17.0. The number of carbonyl (C=O) groups excluding carboxylic acids is 5. The molecule has 1 unspecified atom stereocenters. The number of amides is 2. The zero-order valence-corrected chi connectivity index (χ0v) is 43.2. The zero-order chi connectivity index (χ0) is 49.3. The Morgan fingerprint density at radius 2 is 0.897 bits per heavy atom. The van der Waals surface area contributed by atoms with Gasteiger partial charge in [0.05, 0.1) is 6.42 Å². The number of hydrogen-bond acceptors (Lipinski definition) is 8. The van der Waals surface area contributed by atoms with E-state index in [2.05, 4.69) is 24.5 Å². The molecule has 2 aromatic rings. The number of ether oxygens (including phenoxy) is 3. The van der Waals surface area contributed by atoms with Crippen LogP contribution in [0.4, 0.5) is 0 Å². The fourth-order valence-electron chi connectivity index (χ4n) is 8.51. The highest BCUT2D eigenvalue weighted by molar-refractivity contribution is 5.91. The van der Waals surface area contributed by atoms with E-state index in [-0.39, 0.29) is 44.4 Å². The van der Waals surface area contributed by atoms with Crippen molar-refractivity contribution in [2.24, 2.45) is 5.92 Å². The Morgan fingerprint density at radius 1 is 0.471 bits per heavy atom. The van der Waals surface area contributed by atoms with Gasteiger partial charge in [-0.1, -0.05) is 242 Å². The Kier molecular flexibility index (Phi) is 35.8. The summed E-state index contributed by atoms with van der Waals surface area (Å²) in [6, 6.07) is 16.3. The Labute approximate surface area is 413 Å². The predicted octanol–water partition coefficient (Wildman–Crippen LogP) is 14.1. The van der Waals surface area contributed by atoms with E-state index in [9.17, 15) is 24.0 Å². The molecule has 384 valence electrons. The van der Waals surface area contributed by atoms with Gasteiger partial charge in [0.25, 0.3) is 0 Å². The van der Waals surface area contributed by atoms with Gasteiger partial charge in [0.2, 0.25) is 11.8 Å². The summed E-state index contributed by atoms with van der Waals surface area (Å²) in [5, 5.41) is 5.66. The van der Waals surface area contributed by atoms with Gasteiger partial charge in [0.1, 0.15) is 31.4 Å². The van der Waals surface area contributed by atoms with Gasteiger partial charge in [0, 0.05) is 12.8 Å². The minimum Gasteiger partial charge on any atom is -0.462 e. The molecule has 3 atom stereocenters. The van der Waals surface area contributed by atoms with Gasteiger partial charge in [-0.2, -0.15) is 0 Å². The van der Waals surface area contributed by atoms with Crippen LogP contribution in [0, 0.1) is 5.92 Å². The van der Waals surface area contributed by atoms with Crippen molar-refractivity contribution in [2.75, 3.05) is 0 Å². The van der Waals surface area contributed by atoms with Crippen molar-refractivity contribution in [1.29, 1.82) is 0 Å². The SMILES string of the molecule is CCCCCCCCCCCCCCCC(=O)OC(CCCCCCCCCCCCCCC)CC(=O)N[C@@H](C(=O)N[C@H](CCC(=O)OCc1ccccc1)C(=O)OCc1ccccc1)C(C)C. The first-order valence-electron chi connectivity index (χ1n) is 27.3. The first-order chi connectivity index (χ1) is 33.1. The van der Waals surface area contributed by atoms with Crippen LogP contribution < -0.4 is 10.6 Å². The second-order valence-electron chi connectivity index (χ2n) is 19.5. The largest absolute Gasteiger partial charge is 0.462 e. The lowest BCUT2D eigenvalue weighted by Crippen LogP contribution is -2.54. The number of hydrogen-bond donors (Lipinski definition) is 2. The summed E-state index contributed by atoms with van der Waals surface area (Å²) in [6.45, 7) is 8.22. The number of unbranched alkanes of at least 4 members (excludes halogenated alkanes) is 24. The lowest BCUT2D eigenvalue weighted by atomic mass is 10.0. The van der Waals surface area contributed by atoms with Crippen LogP contribution in [-0.4, -0.2) is 47.9 Å². The van der Waals surface area contributed by atoms with Crippen LogP contribution >= 0.6 is 0 Å². The van der Waals surface area contributed by atoms with Crippen LogP contribution in [0.3, 0.4) is 0 Å². The van der Waals surface area contributed by atoms with E-state index >= 15 is 0 Å². The van der Waals surface area contributed by atoms with Gasteiger partial charge in [-0.25, -0.2) is 4.79 Å². The van der Waals surface area contributed by atoms with E-state index in [4.69, 9.17) is 14.2 Å². The molecule has 2 aromatic carbocycles. The molecular weight excluding hydrogens is 853 g/mol. The van der Waals surface area contributed by atoms with Crippen molar-refractivity contribution >= 4 is 29.7 Å². The highest BCUT2D eigenvalue weighted by Crippen LogP contribution is 2.19. The van der Waals surface area contributed by atoms with Crippen LogP contribution in [0.5, 0.6) is 0 Å². The number of carbonyl (C=O) groups is 5. The molecule has 0 spiro atoms. The molecule has 0 heterocycles. The molecular formula is C58H94N2O8. The van der Waals surface area contributed by atoms with Crippen LogP contribution in [0.25, 0.3) is 0 Å². The summed E-state index contributed by atoms with van der Waals surface area (Å²) in [6.07, 6.45) is 31.9. The molecule has 10 heteroatoms. The molecule has 0 saturated heterocycles. The van der Waals surface area contributed by atoms with E-state index in [1.54, 1.807) is 0 Å². The van der Waals surface area contributed by atoms with Crippen molar-refractivity contribution in [2.45, 2.75) is 258 Å². The third-order valence-corrected chi connectivity index (χ3v) is 12.8. The van der Waals surface area contributed by atoms with Crippen molar-refractivity contribution in [3.8, 4) is 0 Å². The lowest BCUT2D eigenvalue weighted by molar-refractivity contribution is -0.151. The fraction of sp³-hybridized carbons (Fsp3) is 0.707. The van der Waals surface area contributed by atoms with Crippen LogP contribution in [-0.2, 0) is 51.4 Å². The molecule has 0 bridgehead atoms. The van der Waals surface area contributed by atoms with Crippen molar-refractivity contribution in [3.05, 3.63) is 71.8 Å². The summed E-state index contributed by atoms with van der Waals surface area (Å²) in [7, 11) is 0. The van der Waals surface area contributed by atoms with Gasteiger partial charge in [-0.15, -0.1) is 0 Å². The van der Waals surface area contributed by atoms with Crippen LogP contribution in [0.1, 0.15) is 238 Å². The normalized spacial score (nSPS) is 12.5. The molecule has 0 fully saturated rings. The number of esters is 3. The quantitative estimate of drug-likeness (QED) is 0.0381. The maximum atomic E-state index is 13.9. The van der Waals surface area contributed by atoms with E-state index in [0.29, 0.717) is 12.8 Å². The smallest absolute Gasteiger partial charge is 0.328 e. The average molecular weight is 947 g/mol. The van der Waals surface area contributed by atoms with E-state index in [1.165, 1.54) is 128 Å². The molecule has 0 aliphatic rings. The zero-order valence-electron chi connectivity index (χ0n) is 43.2. The molecule has 0 aromatic heterocycles. The molecule has 0 aliphatic heterocycles. The van der Waals surface area contributed by atoms with E-state index in [0.717, 1.165) is 49.7 Å². The van der Waals surface area contributed by atoms with Gasteiger partial charge in [-0.05, 0) is 42.7 Å². The number of rotatable bonds is 43. The number of nitrogens with one attached hydrogen (secondary N) is 2. The molecule has 0 aliphatic carbocycles. The molecule has 2 N–H and O–H groups in total. The fourth-order valence-corrected chi connectivity index (χ4v) is 8.51. The highest BCUT2D eigenvalue weighted by Gasteiger charge is 2.31. The van der Waals surface area contributed by atoms with Gasteiger partial charge < -0.3 is 24.8 Å². The predicted molar refractivity (Wildman–Crippen MR) is 276 cm³/mol. The van der Waals surface area contributed by atoms with Gasteiger partial charge in [-0.3, -0.25) is 19.2 Å². The Hall–Kier alpha value is -4.21. The second kappa shape index (κ2) is 40.7. The first kappa shape index (κ1) is 59.9. The molecule has 0 saturated carbocycles. The third kappa shape index (κ3) is 31.8. The third-order valence-electron chi connectivity index (χ3n) is 12.8. The average Bonchev–Trinajstić information content (AvgIpc) is 3.33. The maximum Gasteiger partial charge on any atom is 0.328 e. The van der Waals surface area contributed by atoms with Gasteiger partial charge in [0.15, 0.2) is 0 Å². The van der Waals surface area contributed by atoms with Crippen molar-refractivity contribution in [3.63, 3.8) is 0 Å². The van der Waals surface area contributed by atoms with Crippen LogP contribution in [0.2, 0.25) is 0 Å². The summed E-state index contributed by atoms with van der Waals surface area (Å²) >= 11 is 0. The molecule has 68 heavy (non-hydrogen) atoms. The molecule has 2 amide bonds. The monoisotopic (exact) mass is 947 g/mol. The Balaban J connectivity index is 1.96. The van der Waals surface area contributed by atoms with Crippen LogP contribution in [0.15, 0.2) is 60.7 Å². The highest BCUT2D eigenvalue weighted by atomic mass is 16.5. The molecule has 0 radical (unpaired) electrons. The summed E-state index contributed by atoms with van der Waals surface area (Å²) in [4.78, 5) is 67.0. The second-order valence-corrected chi connectivity index (χ2v) is 19.5. The van der Waals surface area contributed by atoms with E-state index < -0.39 is 41.9 Å². The Morgan fingerprint density at radius 3 is 1.35 bits per heavy atom. The Bertz CT molecular complexity index is 1580.